The predicted octanol–water partition coefficient (Wildman–Crippen LogP) is 2.92. The van der Waals surface area contributed by atoms with E-state index < -0.39 is 0 Å². The molecule has 1 aromatic heterocycles. The molecule has 0 bridgehead atoms. The van der Waals surface area contributed by atoms with Crippen LogP contribution < -0.4 is 11.1 Å². The maximum absolute atomic E-state index is 11.9. The van der Waals surface area contributed by atoms with Gasteiger partial charge < -0.3 is 16.0 Å². The number of anilines is 2. The van der Waals surface area contributed by atoms with Crippen LogP contribution >= 0.6 is 15.9 Å². The van der Waals surface area contributed by atoms with Crippen LogP contribution in [0.4, 0.5) is 11.4 Å². The fourth-order valence-electron chi connectivity index (χ4n) is 1.47. The first kappa shape index (κ1) is 11.7. The number of H-pyrrole nitrogens is 1. The molecule has 2 rings (SSSR count). The second kappa shape index (κ2) is 4.63. The summed E-state index contributed by atoms with van der Waals surface area (Å²) in [7, 11) is 0. The molecule has 0 spiro atoms. The summed E-state index contributed by atoms with van der Waals surface area (Å²) < 4.78 is 0.843. The van der Waals surface area contributed by atoms with E-state index in [2.05, 4.69) is 26.2 Å². The number of rotatable bonds is 2. The third kappa shape index (κ3) is 2.68. The van der Waals surface area contributed by atoms with Gasteiger partial charge in [0.15, 0.2) is 0 Å². The molecule has 88 valence electrons. The number of aromatic nitrogens is 1. The Morgan fingerprint density at radius 1 is 1.41 bits per heavy atom. The molecule has 4 N–H and O–H groups in total. The van der Waals surface area contributed by atoms with Crippen LogP contribution in [-0.4, -0.2) is 10.9 Å². The highest BCUT2D eigenvalue weighted by Gasteiger charge is 2.09. The molecule has 4 nitrogen and oxygen atoms in total. The van der Waals surface area contributed by atoms with E-state index in [0.29, 0.717) is 11.4 Å². The number of aryl methyl sites for hydroxylation is 1. The highest BCUT2D eigenvalue weighted by atomic mass is 79.9. The summed E-state index contributed by atoms with van der Waals surface area (Å²) >= 11 is 3.39. The van der Waals surface area contributed by atoms with Crippen molar-refractivity contribution in [2.75, 3.05) is 11.1 Å². The summed E-state index contributed by atoms with van der Waals surface area (Å²) in [6.45, 7) is 1.97. The van der Waals surface area contributed by atoms with Crippen molar-refractivity contribution in [3.05, 3.63) is 46.2 Å². The number of nitrogens with two attached hydrogens (primary N) is 1. The van der Waals surface area contributed by atoms with Crippen molar-refractivity contribution < 1.29 is 4.79 Å². The van der Waals surface area contributed by atoms with Gasteiger partial charge >= 0.3 is 0 Å². The summed E-state index contributed by atoms with van der Waals surface area (Å²) in [4.78, 5) is 14.7. The summed E-state index contributed by atoms with van der Waals surface area (Å²) in [6.07, 6.45) is 1.58. The highest BCUT2D eigenvalue weighted by Crippen LogP contribution is 2.23. The van der Waals surface area contributed by atoms with Crippen molar-refractivity contribution in [1.29, 1.82) is 0 Å². The molecule has 2 aromatic rings. The average Bonchev–Trinajstić information content (AvgIpc) is 2.70. The van der Waals surface area contributed by atoms with Gasteiger partial charge in [-0.25, -0.2) is 0 Å². The summed E-state index contributed by atoms with van der Waals surface area (Å²) in [6, 6.07) is 7.35. The highest BCUT2D eigenvalue weighted by molar-refractivity contribution is 9.10. The molecular formula is C12H12BrN3O. The van der Waals surface area contributed by atoms with Crippen LogP contribution in [0.3, 0.4) is 0 Å². The van der Waals surface area contributed by atoms with E-state index in [9.17, 15) is 4.79 Å². The van der Waals surface area contributed by atoms with Gasteiger partial charge in [-0.05, 0) is 46.6 Å². The normalized spacial score (nSPS) is 10.2. The van der Waals surface area contributed by atoms with Crippen molar-refractivity contribution in [2.24, 2.45) is 0 Å². The zero-order valence-corrected chi connectivity index (χ0v) is 10.8. The van der Waals surface area contributed by atoms with Crippen molar-refractivity contribution in [2.45, 2.75) is 6.92 Å². The van der Waals surface area contributed by atoms with Crippen LogP contribution in [0.15, 0.2) is 34.9 Å². The SMILES string of the molecule is Cc1ccc(Br)c(NC(=O)c2cc(N)c[nH]2)c1. The Morgan fingerprint density at radius 3 is 2.82 bits per heavy atom. The third-order valence-corrected chi connectivity index (χ3v) is 3.01. The summed E-state index contributed by atoms with van der Waals surface area (Å²) in [5, 5.41) is 2.81. The number of nitrogen functional groups attached to an aromatic ring is 1. The number of amides is 1. The Bertz CT molecular complexity index is 563. The molecule has 0 aliphatic heterocycles. The molecule has 0 aliphatic carbocycles. The smallest absolute Gasteiger partial charge is 0.272 e. The van der Waals surface area contributed by atoms with E-state index in [1.165, 1.54) is 0 Å². The van der Waals surface area contributed by atoms with E-state index in [4.69, 9.17) is 5.73 Å². The number of aromatic amines is 1. The Labute approximate surface area is 107 Å². The van der Waals surface area contributed by atoms with E-state index >= 15 is 0 Å². The molecular weight excluding hydrogens is 282 g/mol. The molecule has 1 aromatic carbocycles. The lowest BCUT2D eigenvalue weighted by atomic mass is 10.2. The minimum absolute atomic E-state index is 0.215. The molecule has 0 fully saturated rings. The second-order valence-corrected chi connectivity index (χ2v) is 4.64. The summed E-state index contributed by atoms with van der Waals surface area (Å²) in [5.74, 6) is -0.215. The third-order valence-electron chi connectivity index (χ3n) is 2.32. The van der Waals surface area contributed by atoms with Crippen molar-refractivity contribution >= 4 is 33.2 Å². The fourth-order valence-corrected chi connectivity index (χ4v) is 1.81. The first-order valence-corrected chi connectivity index (χ1v) is 5.87. The molecule has 0 atom stereocenters. The van der Waals surface area contributed by atoms with Gasteiger partial charge in [0, 0.05) is 16.4 Å². The lowest BCUT2D eigenvalue weighted by molar-refractivity contribution is 0.102. The standard InChI is InChI=1S/C12H12BrN3O/c1-7-2-3-9(13)10(4-7)16-12(17)11-5-8(14)6-15-11/h2-6,15H,14H2,1H3,(H,16,17). The number of carbonyl (C=O) groups excluding carboxylic acids is 1. The van der Waals surface area contributed by atoms with Crippen molar-refractivity contribution in [3.8, 4) is 0 Å². The first-order chi connectivity index (χ1) is 8.06. The molecule has 1 amide bonds. The van der Waals surface area contributed by atoms with Gasteiger partial charge in [0.05, 0.1) is 5.69 Å². The van der Waals surface area contributed by atoms with E-state index in [1.54, 1.807) is 12.3 Å². The minimum atomic E-state index is -0.215. The number of nitrogens with one attached hydrogen (secondary N) is 2. The van der Waals surface area contributed by atoms with Crippen LogP contribution in [-0.2, 0) is 0 Å². The zero-order valence-electron chi connectivity index (χ0n) is 9.25. The van der Waals surface area contributed by atoms with Crippen LogP contribution in [0.2, 0.25) is 0 Å². The van der Waals surface area contributed by atoms with Gasteiger partial charge in [-0.15, -0.1) is 0 Å². The largest absolute Gasteiger partial charge is 0.397 e. The molecule has 5 heteroatoms. The Morgan fingerprint density at radius 2 is 2.18 bits per heavy atom. The van der Waals surface area contributed by atoms with Crippen LogP contribution in [0.5, 0.6) is 0 Å². The van der Waals surface area contributed by atoms with E-state index in [0.717, 1.165) is 15.7 Å². The Hall–Kier alpha value is -1.75. The second-order valence-electron chi connectivity index (χ2n) is 3.78. The Balaban J connectivity index is 2.21. The quantitative estimate of drug-likeness (QED) is 0.797. The monoisotopic (exact) mass is 293 g/mol. The molecule has 0 unspecified atom stereocenters. The number of hydrogen-bond acceptors (Lipinski definition) is 2. The zero-order chi connectivity index (χ0) is 12.4. The predicted molar refractivity (Wildman–Crippen MR) is 72.0 cm³/mol. The number of benzene rings is 1. The van der Waals surface area contributed by atoms with Crippen molar-refractivity contribution in [1.82, 2.24) is 4.98 Å². The summed E-state index contributed by atoms with van der Waals surface area (Å²) in [5.41, 5.74) is 8.34. The van der Waals surface area contributed by atoms with E-state index in [1.807, 2.05) is 25.1 Å². The van der Waals surface area contributed by atoms with Gasteiger partial charge in [0.2, 0.25) is 0 Å². The molecule has 0 radical (unpaired) electrons. The van der Waals surface area contributed by atoms with Crippen molar-refractivity contribution in [3.63, 3.8) is 0 Å². The van der Waals surface area contributed by atoms with Gasteiger partial charge in [-0.1, -0.05) is 6.07 Å². The maximum atomic E-state index is 11.9. The molecule has 0 saturated heterocycles. The van der Waals surface area contributed by atoms with Gasteiger partial charge in [-0.2, -0.15) is 0 Å². The maximum Gasteiger partial charge on any atom is 0.272 e. The Kier molecular flexibility index (Phi) is 3.19. The van der Waals surface area contributed by atoms with Crippen LogP contribution in [0, 0.1) is 6.92 Å². The lowest BCUT2D eigenvalue weighted by Gasteiger charge is -2.07. The number of carbonyl (C=O) groups is 1. The first-order valence-electron chi connectivity index (χ1n) is 5.07. The van der Waals surface area contributed by atoms with Gasteiger partial charge in [0.1, 0.15) is 5.69 Å². The fraction of sp³-hybridized carbons (Fsp3) is 0.0833. The van der Waals surface area contributed by atoms with Crippen LogP contribution in [0.1, 0.15) is 16.1 Å². The minimum Gasteiger partial charge on any atom is -0.397 e. The van der Waals surface area contributed by atoms with E-state index in [-0.39, 0.29) is 5.91 Å². The average molecular weight is 294 g/mol. The molecule has 0 aliphatic rings. The molecule has 0 saturated carbocycles. The van der Waals surface area contributed by atoms with Crippen LogP contribution in [0.25, 0.3) is 0 Å². The lowest BCUT2D eigenvalue weighted by Crippen LogP contribution is -2.12. The van der Waals surface area contributed by atoms with Gasteiger partial charge in [-0.3, -0.25) is 4.79 Å². The topological polar surface area (TPSA) is 70.9 Å². The number of hydrogen-bond donors (Lipinski definition) is 3. The molecule has 1 heterocycles. The molecule has 17 heavy (non-hydrogen) atoms. The van der Waals surface area contributed by atoms with Gasteiger partial charge in [0.25, 0.3) is 5.91 Å². The number of halogens is 1.